The Morgan fingerprint density at radius 2 is 2.31 bits per heavy atom. The molecule has 2 rings (SSSR count). The van der Waals surface area contributed by atoms with Gasteiger partial charge in [-0.1, -0.05) is 11.2 Å². The minimum absolute atomic E-state index is 0.130. The fourth-order valence-electron chi connectivity index (χ4n) is 1.30. The second kappa shape index (κ2) is 3.97. The van der Waals surface area contributed by atoms with E-state index in [0.29, 0.717) is 4.88 Å². The lowest BCUT2D eigenvalue weighted by molar-refractivity contribution is -0.388. The normalized spacial score (nSPS) is 10.9. The minimum atomic E-state index is -2.85. The third kappa shape index (κ3) is 1.67. The first-order chi connectivity index (χ1) is 7.61. The van der Waals surface area contributed by atoms with Gasteiger partial charge in [0.05, 0.1) is 0 Å². The first-order valence-corrected chi connectivity index (χ1v) is 5.04. The molecule has 0 bridgehead atoms. The SMILES string of the molecule is O=[N+]([O-])c1[nH]nc(C(F)F)c1-c1cccs1. The number of nitrogens with zero attached hydrogens (tertiary/aromatic N) is 2. The molecule has 0 aliphatic heterocycles. The second-order valence-corrected chi connectivity index (χ2v) is 3.82. The van der Waals surface area contributed by atoms with Crippen molar-refractivity contribution in [2.45, 2.75) is 6.43 Å². The van der Waals surface area contributed by atoms with Crippen LogP contribution >= 0.6 is 11.3 Å². The largest absolute Gasteiger partial charge is 0.358 e. The van der Waals surface area contributed by atoms with Crippen LogP contribution in [-0.2, 0) is 0 Å². The highest BCUT2D eigenvalue weighted by Crippen LogP contribution is 2.38. The van der Waals surface area contributed by atoms with E-state index in [0.717, 1.165) is 11.3 Å². The van der Waals surface area contributed by atoms with Crippen molar-refractivity contribution in [1.82, 2.24) is 10.2 Å². The van der Waals surface area contributed by atoms with Crippen LogP contribution in [0.25, 0.3) is 10.4 Å². The fourth-order valence-corrected chi connectivity index (χ4v) is 2.08. The van der Waals surface area contributed by atoms with Gasteiger partial charge in [-0.05, 0) is 16.4 Å². The first-order valence-electron chi connectivity index (χ1n) is 4.16. The van der Waals surface area contributed by atoms with Crippen molar-refractivity contribution >= 4 is 17.2 Å². The number of aromatic amines is 1. The molecule has 0 aliphatic carbocycles. The van der Waals surface area contributed by atoms with Crippen LogP contribution in [0, 0.1) is 10.1 Å². The van der Waals surface area contributed by atoms with Crippen molar-refractivity contribution in [2.75, 3.05) is 0 Å². The van der Waals surface area contributed by atoms with E-state index in [2.05, 4.69) is 5.10 Å². The van der Waals surface area contributed by atoms with Gasteiger partial charge in [-0.15, -0.1) is 16.4 Å². The average Bonchev–Trinajstić information content (AvgIpc) is 2.85. The van der Waals surface area contributed by atoms with Gasteiger partial charge in [0.15, 0.2) is 5.69 Å². The van der Waals surface area contributed by atoms with E-state index in [1.807, 2.05) is 5.10 Å². The van der Waals surface area contributed by atoms with Crippen molar-refractivity contribution in [2.24, 2.45) is 0 Å². The average molecular weight is 245 g/mol. The van der Waals surface area contributed by atoms with Gasteiger partial charge in [-0.3, -0.25) is 0 Å². The smallest absolute Gasteiger partial charge is 0.351 e. The van der Waals surface area contributed by atoms with Gasteiger partial charge < -0.3 is 10.1 Å². The molecule has 1 N–H and O–H groups in total. The molecule has 2 aromatic rings. The van der Waals surface area contributed by atoms with Gasteiger partial charge in [-0.2, -0.15) is 0 Å². The maximum absolute atomic E-state index is 12.6. The summed E-state index contributed by atoms with van der Waals surface area (Å²) in [6.07, 6.45) is -2.85. The van der Waals surface area contributed by atoms with Gasteiger partial charge in [0, 0.05) is 4.88 Å². The number of aromatic nitrogens is 2. The number of nitrogens with one attached hydrogen (secondary N) is 1. The summed E-state index contributed by atoms with van der Waals surface area (Å²) in [5, 5.41) is 17.6. The maximum atomic E-state index is 12.6. The lowest BCUT2D eigenvalue weighted by atomic mass is 10.2. The topological polar surface area (TPSA) is 71.8 Å². The van der Waals surface area contributed by atoms with Crippen LogP contribution in [0.5, 0.6) is 0 Å². The molecule has 5 nitrogen and oxygen atoms in total. The van der Waals surface area contributed by atoms with Crippen LogP contribution < -0.4 is 0 Å². The van der Waals surface area contributed by atoms with Crippen LogP contribution in [0.3, 0.4) is 0 Å². The molecule has 0 spiro atoms. The molecule has 0 aliphatic rings. The van der Waals surface area contributed by atoms with Crippen molar-refractivity contribution in [3.8, 4) is 10.4 Å². The van der Waals surface area contributed by atoms with Gasteiger partial charge in [0.25, 0.3) is 6.43 Å². The highest BCUT2D eigenvalue weighted by molar-refractivity contribution is 7.13. The second-order valence-electron chi connectivity index (χ2n) is 2.87. The molecule has 16 heavy (non-hydrogen) atoms. The Morgan fingerprint density at radius 3 is 2.81 bits per heavy atom. The standard InChI is InChI=1S/C8H5F2N3O2S/c9-7(10)6-5(4-2-1-3-16-4)8(12-11-6)13(14)15/h1-3,7H,(H,11,12). The van der Waals surface area contributed by atoms with Crippen molar-refractivity contribution in [3.05, 3.63) is 33.3 Å². The summed E-state index contributed by atoms with van der Waals surface area (Å²) in [5.41, 5.74) is -0.718. The van der Waals surface area contributed by atoms with Crippen LogP contribution in [0.2, 0.25) is 0 Å². The van der Waals surface area contributed by atoms with Crippen molar-refractivity contribution in [1.29, 1.82) is 0 Å². The number of nitro groups is 1. The van der Waals surface area contributed by atoms with E-state index in [4.69, 9.17) is 0 Å². The van der Waals surface area contributed by atoms with E-state index >= 15 is 0 Å². The first kappa shape index (κ1) is 10.7. The number of hydrogen-bond acceptors (Lipinski definition) is 4. The Morgan fingerprint density at radius 1 is 1.56 bits per heavy atom. The monoisotopic (exact) mass is 245 g/mol. The van der Waals surface area contributed by atoms with Gasteiger partial charge >= 0.3 is 5.82 Å². The molecule has 0 saturated heterocycles. The molecule has 8 heteroatoms. The van der Waals surface area contributed by atoms with E-state index in [-0.39, 0.29) is 5.56 Å². The molecular formula is C8H5F2N3O2S. The fraction of sp³-hybridized carbons (Fsp3) is 0.125. The van der Waals surface area contributed by atoms with Crippen LogP contribution in [0.1, 0.15) is 12.1 Å². The molecule has 84 valence electrons. The van der Waals surface area contributed by atoms with Crippen LogP contribution in [0.15, 0.2) is 17.5 Å². The maximum Gasteiger partial charge on any atom is 0.351 e. The summed E-state index contributed by atoms with van der Waals surface area (Å²) in [6.45, 7) is 0. The summed E-state index contributed by atoms with van der Waals surface area (Å²) in [6, 6.07) is 3.17. The molecule has 2 heterocycles. The number of alkyl halides is 2. The van der Waals surface area contributed by atoms with Crippen LogP contribution in [0.4, 0.5) is 14.6 Å². The number of rotatable bonds is 3. The summed E-state index contributed by atoms with van der Waals surface area (Å²) >= 11 is 1.15. The Bertz CT molecular complexity index is 509. The number of halogens is 2. The quantitative estimate of drug-likeness (QED) is 0.667. The highest BCUT2D eigenvalue weighted by Gasteiger charge is 2.29. The number of H-pyrrole nitrogens is 1. The van der Waals surface area contributed by atoms with Crippen molar-refractivity contribution < 1.29 is 13.7 Å². The van der Waals surface area contributed by atoms with E-state index < -0.39 is 22.9 Å². The van der Waals surface area contributed by atoms with Crippen molar-refractivity contribution in [3.63, 3.8) is 0 Å². The molecule has 0 aromatic carbocycles. The summed E-state index contributed by atoms with van der Waals surface area (Å²) in [4.78, 5) is 10.3. The lowest BCUT2D eigenvalue weighted by Gasteiger charge is -1.97. The molecule has 0 radical (unpaired) electrons. The Hall–Kier alpha value is -1.83. The number of thiophene rings is 1. The van der Waals surface area contributed by atoms with E-state index in [9.17, 15) is 18.9 Å². The zero-order valence-electron chi connectivity index (χ0n) is 7.68. The minimum Gasteiger partial charge on any atom is -0.358 e. The molecule has 2 aromatic heterocycles. The van der Waals surface area contributed by atoms with E-state index in [1.54, 1.807) is 11.4 Å². The summed E-state index contributed by atoms with van der Waals surface area (Å²) in [5.74, 6) is -0.502. The zero-order chi connectivity index (χ0) is 11.7. The Kier molecular flexibility index (Phi) is 2.65. The molecule has 0 saturated carbocycles. The highest BCUT2D eigenvalue weighted by atomic mass is 32.1. The van der Waals surface area contributed by atoms with E-state index in [1.165, 1.54) is 6.07 Å². The third-order valence-electron chi connectivity index (χ3n) is 1.93. The number of hydrogen-bond donors (Lipinski definition) is 1. The van der Waals surface area contributed by atoms with Gasteiger partial charge in [-0.25, -0.2) is 8.78 Å². The molecule has 0 unspecified atom stereocenters. The Balaban J connectivity index is 2.63. The summed E-state index contributed by atoms with van der Waals surface area (Å²) in [7, 11) is 0. The molecule has 0 atom stereocenters. The van der Waals surface area contributed by atoms with Gasteiger partial charge in [0.1, 0.15) is 5.56 Å². The molecule has 0 amide bonds. The Labute approximate surface area is 91.9 Å². The van der Waals surface area contributed by atoms with Crippen LogP contribution in [-0.4, -0.2) is 15.1 Å². The lowest BCUT2D eigenvalue weighted by Crippen LogP contribution is -1.91. The predicted molar refractivity (Wildman–Crippen MR) is 53.5 cm³/mol. The molecule has 0 fully saturated rings. The zero-order valence-corrected chi connectivity index (χ0v) is 8.50. The van der Waals surface area contributed by atoms with Gasteiger partial charge in [0.2, 0.25) is 0 Å². The summed E-state index contributed by atoms with van der Waals surface area (Å²) < 4.78 is 25.2. The molecular weight excluding hydrogens is 240 g/mol. The predicted octanol–water partition coefficient (Wildman–Crippen LogP) is 2.98. The third-order valence-corrected chi connectivity index (χ3v) is 2.82.